The lowest BCUT2D eigenvalue weighted by molar-refractivity contribution is -0.103. The zero-order chi connectivity index (χ0) is 19.7. The molecule has 0 heterocycles. The molecular formula is C26H32O2. The Kier molecular flexibility index (Phi) is 5.31. The lowest BCUT2D eigenvalue weighted by Gasteiger charge is -2.57. The van der Waals surface area contributed by atoms with Gasteiger partial charge >= 0.3 is 0 Å². The topological polar surface area (TPSA) is 26.3 Å². The fourth-order valence-electron chi connectivity index (χ4n) is 6.52. The number of aldehydes is 1. The van der Waals surface area contributed by atoms with Crippen LogP contribution in [-0.2, 0) is 10.2 Å². The van der Waals surface area contributed by atoms with Gasteiger partial charge in [0.25, 0.3) is 0 Å². The lowest BCUT2D eigenvalue weighted by atomic mass is 9.48. The molecule has 0 amide bonds. The average Bonchev–Trinajstić information content (AvgIpc) is 2.67. The van der Waals surface area contributed by atoms with Crippen molar-refractivity contribution in [2.45, 2.75) is 57.8 Å². The van der Waals surface area contributed by atoms with E-state index in [2.05, 4.69) is 12.1 Å². The highest BCUT2D eigenvalue weighted by Crippen LogP contribution is 2.62. The Labute approximate surface area is 169 Å². The second kappa shape index (κ2) is 7.73. The number of benzene rings is 1. The monoisotopic (exact) mass is 376 g/mol. The number of methoxy groups -OCH3 is 1. The van der Waals surface area contributed by atoms with E-state index in [4.69, 9.17) is 4.74 Å². The van der Waals surface area contributed by atoms with E-state index in [0.29, 0.717) is 0 Å². The Hall–Kier alpha value is -2.09. The van der Waals surface area contributed by atoms with Crippen LogP contribution in [0.5, 0.6) is 5.75 Å². The molecule has 4 aliphatic carbocycles. The van der Waals surface area contributed by atoms with Crippen LogP contribution in [0.15, 0.2) is 48.1 Å². The maximum atomic E-state index is 12.0. The van der Waals surface area contributed by atoms with Crippen LogP contribution in [0.25, 0.3) is 5.57 Å². The van der Waals surface area contributed by atoms with Gasteiger partial charge in [0.1, 0.15) is 5.75 Å². The van der Waals surface area contributed by atoms with Gasteiger partial charge in [0.05, 0.1) is 7.11 Å². The molecule has 4 aliphatic rings. The van der Waals surface area contributed by atoms with Gasteiger partial charge in [-0.15, -0.1) is 0 Å². The first-order valence-corrected chi connectivity index (χ1v) is 10.7. The highest BCUT2D eigenvalue weighted by Gasteiger charge is 2.52. The third-order valence-corrected chi connectivity index (χ3v) is 7.31. The van der Waals surface area contributed by atoms with Crippen molar-refractivity contribution in [3.8, 4) is 5.75 Å². The first kappa shape index (κ1) is 19.2. The van der Waals surface area contributed by atoms with E-state index in [-0.39, 0.29) is 5.41 Å². The van der Waals surface area contributed by atoms with Gasteiger partial charge in [-0.1, -0.05) is 30.4 Å². The number of hydrogen-bond donors (Lipinski definition) is 0. The van der Waals surface area contributed by atoms with Crippen LogP contribution < -0.4 is 4.74 Å². The summed E-state index contributed by atoms with van der Waals surface area (Å²) in [5.74, 6) is 3.64. The summed E-state index contributed by atoms with van der Waals surface area (Å²) in [7, 11) is 1.78. The molecule has 0 aliphatic heterocycles. The Morgan fingerprint density at radius 2 is 1.71 bits per heavy atom. The Morgan fingerprint density at radius 1 is 1.07 bits per heavy atom. The maximum Gasteiger partial charge on any atom is 0.150 e. The number of ether oxygens (including phenoxy) is 1. The minimum atomic E-state index is 0.249. The molecule has 148 valence electrons. The number of carbonyl (C=O) groups excluding carboxylic acids is 1. The summed E-state index contributed by atoms with van der Waals surface area (Å²) in [6.45, 7) is 4.00. The molecule has 4 fully saturated rings. The van der Waals surface area contributed by atoms with Crippen LogP contribution in [0.2, 0.25) is 0 Å². The van der Waals surface area contributed by atoms with Gasteiger partial charge < -0.3 is 4.74 Å². The van der Waals surface area contributed by atoms with Gasteiger partial charge in [-0.2, -0.15) is 0 Å². The molecule has 0 saturated heterocycles. The summed E-state index contributed by atoms with van der Waals surface area (Å²) < 4.78 is 5.82. The van der Waals surface area contributed by atoms with Crippen LogP contribution >= 0.6 is 0 Å². The van der Waals surface area contributed by atoms with Crippen LogP contribution in [0.4, 0.5) is 0 Å². The second-order valence-electron chi connectivity index (χ2n) is 9.21. The zero-order valence-corrected chi connectivity index (χ0v) is 17.4. The largest absolute Gasteiger partial charge is 0.496 e. The van der Waals surface area contributed by atoms with Crippen molar-refractivity contribution in [3.63, 3.8) is 0 Å². The fraction of sp³-hybridized carbons (Fsp3) is 0.500. The molecule has 5 rings (SSSR count). The minimum absolute atomic E-state index is 0.249. The van der Waals surface area contributed by atoms with E-state index in [9.17, 15) is 4.79 Å². The Bertz CT molecular complexity index is 805. The molecule has 0 radical (unpaired) electrons. The van der Waals surface area contributed by atoms with E-state index in [1.54, 1.807) is 7.11 Å². The normalized spacial score (nSPS) is 32.2. The van der Waals surface area contributed by atoms with Gasteiger partial charge in [0.15, 0.2) is 6.29 Å². The van der Waals surface area contributed by atoms with E-state index in [1.165, 1.54) is 44.1 Å². The summed E-state index contributed by atoms with van der Waals surface area (Å²) in [5.41, 5.74) is 4.38. The van der Waals surface area contributed by atoms with Crippen molar-refractivity contribution in [3.05, 3.63) is 59.2 Å². The molecule has 4 saturated carbocycles. The van der Waals surface area contributed by atoms with E-state index >= 15 is 0 Å². The molecular weight excluding hydrogens is 344 g/mol. The quantitative estimate of drug-likeness (QED) is 0.332. The van der Waals surface area contributed by atoms with Gasteiger partial charge in [-0.05, 0) is 98.8 Å². The van der Waals surface area contributed by atoms with E-state index in [0.717, 1.165) is 46.5 Å². The maximum absolute atomic E-state index is 12.0. The second-order valence-corrected chi connectivity index (χ2v) is 9.21. The predicted molar refractivity (Wildman–Crippen MR) is 115 cm³/mol. The smallest absolute Gasteiger partial charge is 0.150 e. The molecule has 0 atom stereocenters. The summed E-state index contributed by atoms with van der Waals surface area (Å²) in [6.07, 6.45) is 17.1. The molecule has 0 spiro atoms. The molecule has 0 aromatic heterocycles. The third kappa shape index (κ3) is 3.38. The first-order chi connectivity index (χ1) is 13.6. The predicted octanol–water partition coefficient (Wildman–Crippen LogP) is 6.27. The first-order valence-electron chi connectivity index (χ1n) is 10.7. The van der Waals surface area contributed by atoms with Crippen molar-refractivity contribution in [2.75, 3.05) is 7.11 Å². The molecule has 2 heteroatoms. The molecule has 2 nitrogen and oxygen atoms in total. The molecule has 1 aromatic rings. The highest BCUT2D eigenvalue weighted by atomic mass is 16.5. The third-order valence-electron chi connectivity index (χ3n) is 7.31. The molecule has 28 heavy (non-hydrogen) atoms. The minimum Gasteiger partial charge on any atom is -0.496 e. The summed E-state index contributed by atoms with van der Waals surface area (Å²) >= 11 is 0. The number of carbonyl (C=O) groups is 1. The SMILES string of the molecule is CC=CC=CC(C)=C(C=O)c1ccc(OC)c(C23CC4CC(CC(C4)C2)C3)c1. The number of rotatable bonds is 6. The molecule has 0 unspecified atom stereocenters. The Balaban J connectivity index is 1.77. The zero-order valence-electron chi connectivity index (χ0n) is 17.4. The van der Waals surface area contributed by atoms with Crippen LogP contribution in [-0.4, -0.2) is 13.4 Å². The summed E-state index contributed by atoms with van der Waals surface area (Å²) in [4.78, 5) is 12.0. The van der Waals surface area contributed by atoms with Gasteiger partial charge in [-0.25, -0.2) is 0 Å². The highest BCUT2D eigenvalue weighted by molar-refractivity contribution is 6.08. The Morgan fingerprint density at radius 3 is 2.25 bits per heavy atom. The van der Waals surface area contributed by atoms with Gasteiger partial charge in [0.2, 0.25) is 0 Å². The van der Waals surface area contributed by atoms with E-state index in [1.807, 2.05) is 44.2 Å². The standard InChI is InChI=1S/C26H32O2/c1-4-5-6-7-18(2)23(17-27)22-8-9-25(28-3)24(13-22)26-14-19-10-20(15-26)12-21(11-19)16-26/h4-9,13,17,19-21H,10-12,14-16H2,1-3H3. The van der Waals surface area contributed by atoms with Crippen LogP contribution in [0, 0.1) is 17.8 Å². The summed E-state index contributed by atoms with van der Waals surface area (Å²) in [5, 5.41) is 0. The van der Waals surface area contributed by atoms with Crippen molar-refractivity contribution in [1.29, 1.82) is 0 Å². The summed E-state index contributed by atoms with van der Waals surface area (Å²) in [6, 6.07) is 6.39. The average molecular weight is 377 g/mol. The van der Waals surface area contributed by atoms with Crippen molar-refractivity contribution in [2.24, 2.45) is 17.8 Å². The van der Waals surface area contributed by atoms with Crippen molar-refractivity contribution < 1.29 is 9.53 Å². The number of hydrogen-bond acceptors (Lipinski definition) is 2. The molecule has 1 aromatic carbocycles. The fourth-order valence-corrected chi connectivity index (χ4v) is 6.52. The van der Waals surface area contributed by atoms with Crippen molar-refractivity contribution in [1.82, 2.24) is 0 Å². The van der Waals surface area contributed by atoms with E-state index < -0.39 is 0 Å². The van der Waals surface area contributed by atoms with Gasteiger partial charge in [0, 0.05) is 11.1 Å². The lowest BCUT2D eigenvalue weighted by Crippen LogP contribution is -2.48. The van der Waals surface area contributed by atoms with Gasteiger partial charge in [-0.3, -0.25) is 4.79 Å². The molecule has 4 bridgehead atoms. The van der Waals surface area contributed by atoms with Crippen LogP contribution in [0.3, 0.4) is 0 Å². The number of allylic oxidation sites excluding steroid dienone is 6. The van der Waals surface area contributed by atoms with Crippen LogP contribution in [0.1, 0.15) is 63.5 Å². The van der Waals surface area contributed by atoms with Crippen molar-refractivity contribution >= 4 is 11.9 Å². The molecule has 0 N–H and O–H groups in total.